The van der Waals surface area contributed by atoms with Crippen molar-refractivity contribution in [1.29, 1.82) is 0 Å². The van der Waals surface area contributed by atoms with Gasteiger partial charge in [-0.3, -0.25) is 0 Å². The Kier molecular flexibility index (Phi) is 4.29. The number of pyridine rings is 1. The maximum Gasteiger partial charge on any atom is 0.338 e. The fourth-order valence-electron chi connectivity index (χ4n) is 2.15. The number of fused-ring (bicyclic) bond motifs is 1. The Bertz CT molecular complexity index is 1010. The van der Waals surface area contributed by atoms with Crippen LogP contribution in [0.5, 0.6) is 0 Å². The number of nitrogens with zero attached hydrogens (tertiary/aromatic N) is 2. The van der Waals surface area contributed by atoms with Crippen LogP contribution < -0.4 is 0 Å². The van der Waals surface area contributed by atoms with E-state index in [9.17, 15) is 13.2 Å². The molecule has 0 saturated carbocycles. The van der Waals surface area contributed by atoms with E-state index in [1.165, 1.54) is 24.3 Å². The van der Waals surface area contributed by atoms with Crippen molar-refractivity contribution < 1.29 is 17.9 Å². The first-order chi connectivity index (χ1) is 11.3. The predicted molar refractivity (Wildman–Crippen MR) is 88.9 cm³/mol. The van der Waals surface area contributed by atoms with Crippen molar-refractivity contribution in [3.8, 4) is 0 Å². The van der Waals surface area contributed by atoms with Gasteiger partial charge in [0.2, 0.25) is 0 Å². The van der Waals surface area contributed by atoms with Crippen LogP contribution in [0.4, 0.5) is 0 Å². The van der Waals surface area contributed by atoms with Crippen LogP contribution in [-0.4, -0.2) is 30.0 Å². The molecule has 0 fully saturated rings. The average molecular weight is 365 g/mol. The lowest BCUT2D eigenvalue weighted by Gasteiger charge is -2.04. The molecule has 0 spiro atoms. The van der Waals surface area contributed by atoms with E-state index in [0.29, 0.717) is 16.4 Å². The van der Waals surface area contributed by atoms with Gasteiger partial charge in [0.25, 0.3) is 0 Å². The van der Waals surface area contributed by atoms with E-state index in [1.54, 1.807) is 28.9 Å². The summed E-state index contributed by atoms with van der Waals surface area (Å²) in [6.45, 7) is 0.00591. The summed E-state index contributed by atoms with van der Waals surface area (Å²) in [7, 11) is -3.29. The van der Waals surface area contributed by atoms with Gasteiger partial charge in [0.1, 0.15) is 12.3 Å². The van der Waals surface area contributed by atoms with Crippen LogP contribution in [0.15, 0.2) is 53.7 Å². The summed E-state index contributed by atoms with van der Waals surface area (Å²) in [5.74, 6) is -0.551. The van der Waals surface area contributed by atoms with E-state index >= 15 is 0 Å². The van der Waals surface area contributed by atoms with Crippen LogP contribution in [0.2, 0.25) is 5.02 Å². The minimum atomic E-state index is -3.29. The van der Waals surface area contributed by atoms with Crippen molar-refractivity contribution in [2.24, 2.45) is 0 Å². The summed E-state index contributed by atoms with van der Waals surface area (Å²) >= 11 is 5.90. The van der Waals surface area contributed by atoms with Crippen molar-refractivity contribution in [2.75, 3.05) is 6.26 Å². The molecule has 0 radical (unpaired) electrons. The fraction of sp³-hybridized carbons (Fsp3) is 0.125. The minimum absolute atomic E-state index is 0.00591. The Morgan fingerprint density at radius 2 is 1.88 bits per heavy atom. The monoisotopic (exact) mass is 364 g/mol. The first kappa shape index (κ1) is 16.5. The van der Waals surface area contributed by atoms with Crippen molar-refractivity contribution in [1.82, 2.24) is 9.38 Å². The van der Waals surface area contributed by atoms with Crippen LogP contribution in [0.3, 0.4) is 0 Å². The number of hydrogen-bond acceptors (Lipinski definition) is 5. The molecule has 2 aromatic heterocycles. The second-order valence-electron chi connectivity index (χ2n) is 5.22. The Labute approximate surface area is 143 Å². The topological polar surface area (TPSA) is 77.7 Å². The molecule has 0 aliphatic carbocycles. The SMILES string of the molecule is CS(=O)(=O)c1ccc(C(=O)OCc2cn3cc(Cl)ccc3n2)cc1. The number of imidazole rings is 1. The van der Waals surface area contributed by atoms with E-state index in [4.69, 9.17) is 16.3 Å². The maximum atomic E-state index is 12.0. The Balaban J connectivity index is 1.70. The highest BCUT2D eigenvalue weighted by Crippen LogP contribution is 2.14. The number of carbonyl (C=O) groups is 1. The molecule has 1 aromatic carbocycles. The highest BCUT2D eigenvalue weighted by atomic mass is 35.5. The standard InChI is InChI=1S/C16H13ClN2O4S/c1-24(21,22)14-5-2-11(3-6-14)16(20)23-10-13-9-19-8-12(17)4-7-15(19)18-13/h2-9H,10H2,1H3. The predicted octanol–water partition coefficient (Wildman–Crippen LogP) is 2.75. The van der Waals surface area contributed by atoms with Crippen molar-refractivity contribution in [2.45, 2.75) is 11.5 Å². The molecule has 3 rings (SSSR count). The normalized spacial score (nSPS) is 11.6. The molecule has 24 heavy (non-hydrogen) atoms. The first-order valence-electron chi connectivity index (χ1n) is 6.93. The quantitative estimate of drug-likeness (QED) is 0.665. The number of aromatic nitrogens is 2. The molecule has 8 heteroatoms. The summed E-state index contributed by atoms with van der Waals surface area (Å²) in [6.07, 6.45) is 4.54. The van der Waals surface area contributed by atoms with Gasteiger partial charge in [-0.2, -0.15) is 0 Å². The number of halogens is 1. The number of rotatable bonds is 4. The zero-order valence-electron chi connectivity index (χ0n) is 12.6. The lowest BCUT2D eigenvalue weighted by molar-refractivity contribution is 0.0468. The molecule has 0 N–H and O–H groups in total. The molecule has 0 aliphatic heterocycles. The minimum Gasteiger partial charge on any atom is -0.456 e. The molecular weight excluding hydrogens is 352 g/mol. The molecule has 0 aliphatic rings. The molecule has 0 saturated heterocycles. The molecule has 0 unspecified atom stereocenters. The molecule has 0 amide bonds. The van der Waals surface area contributed by atoms with Gasteiger partial charge in [-0.15, -0.1) is 0 Å². The summed E-state index contributed by atoms with van der Waals surface area (Å²) in [6, 6.07) is 9.07. The smallest absolute Gasteiger partial charge is 0.338 e. The van der Waals surface area contributed by atoms with Crippen molar-refractivity contribution in [3.05, 3.63) is 65.1 Å². The van der Waals surface area contributed by atoms with Crippen LogP contribution in [0.1, 0.15) is 16.1 Å². The second kappa shape index (κ2) is 6.26. The third-order valence-electron chi connectivity index (χ3n) is 3.33. The third-order valence-corrected chi connectivity index (χ3v) is 4.69. The number of carbonyl (C=O) groups excluding carboxylic acids is 1. The van der Waals surface area contributed by atoms with Crippen molar-refractivity contribution >= 4 is 33.1 Å². The van der Waals surface area contributed by atoms with E-state index in [-0.39, 0.29) is 17.1 Å². The highest BCUT2D eigenvalue weighted by molar-refractivity contribution is 7.90. The number of esters is 1. The maximum absolute atomic E-state index is 12.0. The lowest BCUT2D eigenvalue weighted by atomic mass is 10.2. The average Bonchev–Trinajstić information content (AvgIpc) is 2.94. The summed E-state index contributed by atoms with van der Waals surface area (Å²) < 4.78 is 29.7. The Hall–Kier alpha value is -2.38. The van der Waals surface area contributed by atoms with Gasteiger partial charge in [-0.05, 0) is 36.4 Å². The Morgan fingerprint density at radius 1 is 1.17 bits per heavy atom. The van der Waals surface area contributed by atoms with Crippen LogP contribution >= 0.6 is 11.6 Å². The van der Waals surface area contributed by atoms with Gasteiger partial charge in [-0.25, -0.2) is 18.2 Å². The van der Waals surface area contributed by atoms with E-state index in [0.717, 1.165) is 6.26 Å². The van der Waals surface area contributed by atoms with Gasteiger partial charge in [-0.1, -0.05) is 11.6 Å². The molecule has 0 atom stereocenters. The number of ether oxygens (including phenoxy) is 1. The largest absolute Gasteiger partial charge is 0.456 e. The van der Waals surface area contributed by atoms with Crippen LogP contribution in [0, 0.1) is 0 Å². The molecule has 3 aromatic rings. The van der Waals surface area contributed by atoms with E-state index in [1.807, 2.05) is 0 Å². The number of benzene rings is 1. The van der Waals surface area contributed by atoms with Gasteiger partial charge >= 0.3 is 5.97 Å². The molecule has 124 valence electrons. The Morgan fingerprint density at radius 3 is 2.54 bits per heavy atom. The number of hydrogen-bond donors (Lipinski definition) is 0. The van der Waals surface area contributed by atoms with E-state index in [2.05, 4.69) is 4.98 Å². The van der Waals surface area contributed by atoms with Gasteiger partial charge < -0.3 is 9.14 Å². The first-order valence-corrected chi connectivity index (χ1v) is 9.20. The van der Waals surface area contributed by atoms with Crippen molar-refractivity contribution in [3.63, 3.8) is 0 Å². The highest BCUT2D eigenvalue weighted by Gasteiger charge is 2.12. The van der Waals surface area contributed by atoms with Gasteiger partial charge in [0, 0.05) is 18.6 Å². The lowest BCUT2D eigenvalue weighted by Crippen LogP contribution is -2.06. The third kappa shape index (κ3) is 3.58. The molecular formula is C16H13ClN2O4S. The second-order valence-corrected chi connectivity index (χ2v) is 7.67. The summed E-state index contributed by atoms with van der Waals surface area (Å²) in [4.78, 5) is 16.5. The zero-order valence-corrected chi connectivity index (χ0v) is 14.2. The fourth-order valence-corrected chi connectivity index (χ4v) is 2.95. The molecule has 6 nitrogen and oxygen atoms in total. The number of sulfone groups is 1. The van der Waals surface area contributed by atoms with Gasteiger partial charge in [0.05, 0.1) is 21.2 Å². The molecule has 2 heterocycles. The summed E-state index contributed by atoms with van der Waals surface area (Å²) in [5, 5.41) is 0.578. The van der Waals surface area contributed by atoms with Crippen LogP contribution in [-0.2, 0) is 21.2 Å². The summed E-state index contributed by atoms with van der Waals surface area (Å²) in [5.41, 5.74) is 1.55. The van der Waals surface area contributed by atoms with E-state index < -0.39 is 15.8 Å². The van der Waals surface area contributed by atoms with Gasteiger partial charge in [0.15, 0.2) is 9.84 Å². The molecule has 0 bridgehead atoms. The van der Waals surface area contributed by atoms with Crippen LogP contribution in [0.25, 0.3) is 5.65 Å². The zero-order chi connectivity index (χ0) is 17.3.